The van der Waals surface area contributed by atoms with E-state index in [1.165, 1.54) is 17.8 Å². The van der Waals surface area contributed by atoms with Crippen molar-refractivity contribution in [2.45, 2.75) is 24.0 Å². The van der Waals surface area contributed by atoms with Crippen LogP contribution >= 0.6 is 58.2 Å². The number of hydrogen-bond donors (Lipinski definition) is 1. The topological polar surface area (TPSA) is 59.8 Å². The van der Waals surface area contributed by atoms with Crippen molar-refractivity contribution in [2.24, 2.45) is 0 Å². The summed E-state index contributed by atoms with van der Waals surface area (Å²) in [7, 11) is 0. The van der Waals surface area contributed by atoms with E-state index in [1.54, 1.807) is 24.3 Å². The lowest BCUT2D eigenvalue weighted by Gasteiger charge is -2.09. The summed E-state index contributed by atoms with van der Waals surface area (Å²) in [6, 6.07) is 10.2. The zero-order valence-corrected chi connectivity index (χ0v) is 19.4. The third kappa shape index (κ3) is 5.71. The average molecular weight is 502 g/mol. The zero-order valence-electron chi connectivity index (χ0n) is 15.5. The molecule has 5 nitrogen and oxygen atoms in total. The summed E-state index contributed by atoms with van der Waals surface area (Å²) in [5, 5.41) is 13.7. The summed E-state index contributed by atoms with van der Waals surface area (Å²) in [5.74, 6) is 0.966. The maximum absolute atomic E-state index is 12.4. The summed E-state index contributed by atoms with van der Waals surface area (Å²) >= 11 is 25.4. The Kier molecular flexibility index (Phi) is 8.08. The van der Waals surface area contributed by atoms with Gasteiger partial charge < -0.3 is 9.88 Å². The number of nitrogens with zero attached hydrogens (tertiary/aromatic N) is 3. The molecule has 3 aromatic rings. The number of aromatic nitrogens is 3. The van der Waals surface area contributed by atoms with Gasteiger partial charge in [0.1, 0.15) is 0 Å². The highest BCUT2D eigenvalue weighted by molar-refractivity contribution is 7.98. The number of hydrogen-bond acceptors (Lipinski definition) is 4. The third-order valence-corrected chi connectivity index (χ3v) is 6.56. The molecule has 0 radical (unpaired) electrons. The lowest BCUT2D eigenvalue weighted by atomic mass is 10.2. The normalized spacial score (nSPS) is 10.8. The number of nitrogens with one attached hydrogen (secondary N) is 1. The fraction of sp³-hybridized carbons (Fsp3) is 0.150. The molecule has 0 aliphatic heterocycles. The van der Waals surface area contributed by atoms with Crippen molar-refractivity contribution in [3.63, 3.8) is 0 Å². The van der Waals surface area contributed by atoms with Crippen LogP contribution in [0.25, 0.3) is 0 Å². The fourth-order valence-electron chi connectivity index (χ4n) is 2.55. The first-order chi connectivity index (χ1) is 14.4. The Morgan fingerprint density at radius 3 is 2.40 bits per heavy atom. The van der Waals surface area contributed by atoms with E-state index < -0.39 is 0 Å². The van der Waals surface area contributed by atoms with Crippen LogP contribution in [0.5, 0.6) is 0 Å². The number of rotatable bonds is 8. The summed E-state index contributed by atoms with van der Waals surface area (Å²) in [6.07, 6.45) is 1.75. The third-order valence-electron chi connectivity index (χ3n) is 4.05. The molecule has 0 unspecified atom stereocenters. The molecular weight excluding hydrogens is 486 g/mol. The first-order valence-electron chi connectivity index (χ1n) is 8.72. The second kappa shape index (κ2) is 10.6. The summed E-state index contributed by atoms with van der Waals surface area (Å²) in [5.41, 5.74) is 1.42. The number of carbonyl (C=O) groups excluding carboxylic acids is 1. The molecule has 1 aromatic heterocycles. The van der Waals surface area contributed by atoms with Crippen molar-refractivity contribution >= 4 is 64.1 Å². The van der Waals surface area contributed by atoms with E-state index >= 15 is 0 Å². The molecule has 1 amide bonds. The van der Waals surface area contributed by atoms with E-state index in [9.17, 15) is 4.79 Å². The molecule has 30 heavy (non-hydrogen) atoms. The first-order valence-corrected chi connectivity index (χ1v) is 11.2. The fourth-order valence-corrected chi connectivity index (χ4v) is 4.07. The molecule has 0 fully saturated rings. The number of allylic oxidation sites excluding steroid dienone is 1. The number of halogens is 4. The van der Waals surface area contributed by atoms with Gasteiger partial charge in [0, 0.05) is 17.9 Å². The van der Waals surface area contributed by atoms with Gasteiger partial charge in [0.05, 0.1) is 26.6 Å². The van der Waals surface area contributed by atoms with Gasteiger partial charge in [-0.1, -0.05) is 70.3 Å². The van der Waals surface area contributed by atoms with E-state index in [-0.39, 0.29) is 12.5 Å². The van der Waals surface area contributed by atoms with Crippen LogP contribution in [0.1, 0.15) is 21.7 Å². The maximum atomic E-state index is 12.4. The van der Waals surface area contributed by atoms with Crippen molar-refractivity contribution in [2.75, 3.05) is 0 Å². The Hall–Kier alpha value is -1.70. The Morgan fingerprint density at radius 1 is 1.03 bits per heavy atom. The van der Waals surface area contributed by atoms with Crippen LogP contribution < -0.4 is 5.32 Å². The lowest BCUT2D eigenvalue weighted by molar-refractivity contribution is 0.0949. The molecule has 0 aliphatic rings. The summed E-state index contributed by atoms with van der Waals surface area (Å²) < 4.78 is 1.89. The minimum atomic E-state index is -0.285. The molecule has 0 aliphatic carbocycles. The maximum Gasteiger partial charge on any atom is 0.251 e. The molecule has 10 heteroatoms. The molecule has 0 saturated heterocycles. The predicted octanol–water partition coefficient (Wildman–Crippen LogP) is 6.30. The molecule has 1 N–H and O–H groups in total. The average Bonchev–Trinajstić information content (AvgIpc) is 3.11. The van der Waals surface area contributed by atoms with Gasteiger partial charge in [-0.25, -0.2) is 0 Å². The van der Waals surface area contributed by atoms with Gasteiger partial charge in [-0.2, -0.15) is 0 Å². The Bertz CT molecular complexity index is 1090. The van der Waals surface area contributed by atoms with E-state index in [2.05, 4.69) is 22.1 Å². The smallest absolute Gasteiger partial charge is 0.251 e. The second-order valence-electron chi connectivity index (χ2n) is 6.15. The van der Waals surface area contributed by atoms with Crippen molar-refractivity contribution in [1.82, 2.24) is 20.1 Å². The predicted molar refractivity (Wildman–Crippen MR) is 124 cm³/mol. The van der Waals surface area contributed by atoms with Gasteiger partial charge in [0.25, 0.3) is 5.91 Å². The Labute approximate surface area is 198 Å². The largest absolute Gasteiger partial charge is 0.345 e. The van der Waals surface area contributed by atoms with Crippen LogP contribution in [0.15, 0.2) is 54.2 Å². The van der Waals surface area contributed by atoms with Crippen molar-refractivity contribution < 1.29 is 4.79 Å². The van der Waals surface area contributed by atoms with Gasteiger partial charge in [-0.15, -0.1) is 16.8 Å². The number of benzene rings is 2. The van der Waals surface area contributed by atoms with Crippen LogP contribution in [0.3, 0.4) is 0 Å². The Balaban J connectivity index is 1.68. The number of carbonyl (C=O) groups is 1. The van der Waals surface area contributed by atoms with E-state index in [0.717, 1.165) is 5.56 Å². The second-order valence-corrected chi connectivity index (χ2v) is 8.72. The van der Waals surface area contributed by atoms with Crippen LogP contribution in [-0.4, -0.2) is 20.7 Å². The summed E-state index contributed by atoms with van der Waals surface area (Å²) in [4.78, 5) is 12.4. The molecule has 2 aromatic carbocycles. The molecular formula is C20H16Cl4N4OS. The van der Waals surface area contributed by atoms with Gasteiger partial charge in [-0.05, 0) is 35.9 Å². The minimum absolute atomic E-state index is 0.202. The van der Waals surface area contributed by atoms with E-state index in [1.807, 2.05) is 16.7 Å². The molecule has 0 atom stereocenters. The van der Waals surface area contributed by atoms with E-state index in [0.29, 0.717) is 48.9 Å². The molecule has 0 bridgehead atoms. The first kappa shape index (κ1) is 23.0. The molecule has 156 valence electrons. The Morgan fingerprint density at radius 2 is 1.73 bits per heavy atom. The van der Waals surface area contributed by atoms with Crippen LogP contribution in [0.4, 0.5) is 0 Å². The number of amides is 1. The van der Waals surface area contributed by atoms with Gasteiger partial charge >= 0.3 is 0 Å². The van der Waals surface area contributed by atoms with E-state index in [4.69, 9.17) is 46.4 Å². The lowest BCUT2D eigenvalue weighted by Crippen LogP contribution is -2.24. The highest BCUT2D eigenvalue weighted by Crippen LogP contribution is 2.27. The minimum Gasteiger partial charge on any atom is -0.345 e. The molecule has 0 spiro atoms. The van der Waals surface area contributed by atoms with Crippen LogP contribution in [0, 0.1) is 0 Å². The van der Waals surface area contributed by atoms with Gasteiger partial charge in [0.15, 0.2) is 11.0 Å². The SMILES string of the molecule is C=CCn1c(CNC(=O)c2ccc(Cl)c(Cl)c2)nnc1SCc1ccc(Cl)c(Cl)c1. The van der Waals surface area contributed by atoms with Gasteiger partial charge in [-0.3, -0.25) is 4.79 Å². The molecule has 1 heterocycles. The molecule has 0 saturated carbocycles. The van der Waals surface area contributed by atoms with Crippen LogP contribution in [0.2, 0.25) is 20.1 Å². The standard InChI is InChI=1S/C20H16Cl4N4OS/c1-2-7-28-18(10-25-19(29)13-4-6-15(22)17(24)9-13)26-27-20(28)30-11-12-3-5-14(21)16(23)8-12/h2-6,8-9H,1,7,10-11H2,(H,25,29). The monoisotopic (exact) mass is 500 g/mol. The van der Waals surface area contributed by atoms with Crippen molar-refractivity contribution in [1.29, 1.82) is 0 Å². The quantitative estimate of drug-likeness (QED) is 0.290. The summed E-state index contributed by atoms with van der Waals surface area (Å²) in [6.45, 7) is 4.50. The van der Waals surface area contributed by atoms with Crippen molar-refractivity contribution in [3.8, 4) is 0 Å². The highest BCUT2D eigenvalue weighted by atomic mass is 35.5. The van der Waals surface area contributed by atoms with Crippen molar-refractivity contribution in [3.05, 3.63) is 86.1 Å². The number of thioether (sulfide) groups is 1. The molecule has 3 rings (SSSR count). The highest BCUT2D eigenvalue weighted by Gasteiger charge is 2.14. The zero-order chi connectivity index (χ0) is 21.7. The van der Waals surface area contributed by atoms with Crippen LogP contribution in [-0.2, 0) is 18.8 Å². The van der Waals surface area contributed by atoms with Gasteiger partial charge in [0.2, 0.25) is 0 Å².